The quantitative estimate of drug-likeness (QED) is 0.891. The fraction of sp³-hybridized carbons (Fsp3) is 0.357. The van der Waals surface area contributed by atoms with E-state index in [1.54, 1.807) is 13.1 Å². The molecule has 1 heterocycles. The van der Waals surface area contributed by atoms with Crippen LogP contribution in [0.15, 0.2) is 18.2 Å². The lowest BCUT2D eigenvalue weighted by atomic mass is 10.1. The third-order valence-corrected chi connectivity index (χ3v) is 3.14. The minimum Gasteiger partial charge on any atom is -0.388 e. The van der Waals surface area contributed by atoms with Gasteiger partial charge in [-0.15, -0.1) is 0 Å². The first-order chi connectivity index (χ1) is 9.02. The summed E-state index contributed by atoms with van der Waals surface area (Å²) in [4.78, 5) is 36.0. The van der Waals surface area contributed by atoms with Crippen molar-refractivity contribution in [3.8, 4) is 0 Å². The molecule has 0 aromatic heterocycles. The summed E-state index contributed by atoms with van der Waals surface area (Å²) in [5.41, 5.74) is 2.38. The zero-order chi connectivity index (χ0) is 14.0. The van der Waals surface area contributed by atoms with Gasteiger partial charge in [-0.25, -0.2) is 4.90 Å². The SMILES string of the molecule is CNc1ccc2c(c1)CC(=O)N2C(=O)CCC(C)=O. The maximum atomic E-state index is 12.0. The molecule has 1 aromatic carbocycles. The van der Waals surface area contributed by atoms with Gasteiger partial charge in [0.1, 0.15) is 5.78 Å². The molecule has 0 unspecified atom stereocenters. The van der Waals surface area contributed by atoms with Crippen molar-refractivity contribution >= 4 is 29.0 Å². The molecule has 1 aliphatic heterocycles. The normalized spacial score (nSPS) is 13.4. The highest BCUT2D eigenvalue weighted by atomic mass is 16.2. The minimum absolute atomic E-state index is 0.0502. The lowest BCUT2D eigenvalue weighted by Crippen LogP contribution is -2.33. The van der Waals surface area contributed by atoms with E-state index in [2.05, 4.69) is 5.32 Å². The zero-order valence-corrected chi connectivity index (χ0v) is 11.0. The number of Topliss-reactive ketones (excluding diaryl/α,β-unsaturated/α-hetero) is 1. The molecule has 2 amide bonds. The van der Waals surface area contributed by atoms with Gasteiger partial charge in [0.15, 0.2) is 0 Å². The van der Waals surface area contributed by atoms with E-state index < -0.39 is 0 Å². The maximum absolute atomic E-state index is 12.0. The highest BCUT2D eigenvalue weighted by Gasteiger charge is 2.32. The van der Waals surface area contributed by atoms with Crippen LogP contribution < -0.4 is 10.2 Å². The van der Waals surface area contributed by atoms with Crippen molar-refractivity contribution in [2.45, 2.75) is 26.2 Å². The molecule has 1 aromatic rings. The molecule has 0 aliphatic carbocycles. The topological polar surface area (TPSA) is 66.5 Å². The number of imide groups is 1. The maximum Gasteiger partial charge on any atom is 0.238 e. The second-order valence-corrected chi connectivity index (χ2v) is 4.60. The predicted molar refractivity (Wildman–Crippen MR) is 72.1 cm³/mol. The van der Waals surface area contributed by atoms with Gasteiger partial charge in [-0.2, -0.15) is 0 Å². The van der Waals surface area contributed by atoms with E-state index in [1.165, 1.54) is 11.8 Å². The van der Waals surface area contributed by atoms with Crippen molar-refractivity contribution in [3.05, 3.63) is 23.8 Å². The van der Waals surface area contributed by atoms with Crippen molar-refractivity contribution < 1.29 is 14.4 Å². The number of rotatable bonds is 4. The molecule has 0 saturated carbocycles. The molecular weight excluding hydrogens is 244 g/mol. The van der Waals surface area contributed by atoms with Crippen molar-refractivity contribution in [2.75, 3.05) is 17.3 Å². The van der Waals surface area contributed by atoms with E-state index in [1.807, 2.05) is 12.1 Å². The number of carbonyl (C=O) groups excluding carboxylic acids is 3. The Hall–Kier alpha value is -2.17. The van der Waals surface area contributed by atoms with Crippen LogP contribution in [-0.2, 0) is 20.8 Å². The molecule has 0 spiro atoms. The van der Waals surface area contributed by atoms with E-state index in [0.717, 1.165) is 11.3 Å². The smallest absolute Gasteiger partial charge is 0.238 e. The van der Waals surface area contributed by atoms with Crippen LogP contribution in [-0.4, -0.2) is 24.6 Å². The predicted octanol–water partition coefficient (Wildman–Crippen LogP) is 1.51. The van der Waals surface area contributed by atoms with Gasteiger partial charge in [0.25, 0.3) is 0 Å². The number of benzene rings is 1. The molecule has 0 atom stereocenters. The van der Waals surface area contributed by atoms with Gasteiger partial charge in [-0.05, 0) is 30.7 Å². The molecule has 0 radical (unpaired) electrons. The second-order valence-electron chi connectivity index (χ2n) is 4.60. The van der Waals surface area contributed by atoms with Gasteiger partial charge in [-0.1, -0.05) is 0 Å². The summed E-state index contributed by atoms with van der Waals surface area (Å²) in [5, 5.41) is 3.00. The first-order valence-corrected chi connectivity index (χ1v) is 6.19. The molecule has 5 nitrogen and oxygen atoms in total. The number of amides is 2. The Bertz CT molecular complexity index is 552. The van der Waals surface area contributed by atoms with Gasteiger partial charge < -0.3 is 10.1 Å². The molecular formula is C14H16N2O3. The molecule has 1 N–H and O–H groups in total. The van der Waals surface area contributed by atoms with Crippen LogP contribution >= 0.6 is 0 Å². The monoisotopic (exact) mass is 260 g/mol. The van der Waals surface area contributed by atoms with E-state index in [-0.39, 0.29) is 36.9 Å². The molecule has 1 aliphatic rings. The Labute approximate surface area is 111 Å². The summed E-state index contributed by atoms with van der Waals surface area (Å²) in [6.07, 6.45) is 0.484. The summed E-state index contributed by atoms with van der Waals surface area (Å²) >= 11 is 0. The molecule has 19 heavy (non-hydrogen) atoms. The lowest BCUT2D eigenvalue weighted by Gasteiger charge is -2.15. The third-order valence-electron chi connectivity index (χ3n) is 3.14. The van der Waals surface area contributed by atoms with Crippen molar-refractivity contribution in [2.24, 2.45) is 0 Å². The van der Waals surface area contributed by atoms with Gasteiger partial charge in [0.05, 0.1) is 12.1 Å². The number of nitrogens with zero attached hydrogens (tertiary/aromatic N) is 1. The van der Waals surface area contributed by atoms with E-state index >= 15 is 0 Å². The molecule has 0 fully saturated rings. The average molecular weight is 260 g/mol. The van der Waals surface area contributed by atoms with Gasteiger partial charge >= 0.3 is 0 Å². The van der Waals surface area contributed by atoms with Gasteiger partial charge in [0, 0.05) is 25.6 Å². The Balaban J connectivity index is 2.22. The first-order valence-electron chi connectivity index (χ1n) is 6.19. The van der Waals surface area contributed by atoms with Crippen molar-refractivity contribution in [1.82, 2.24) is 0 Å². The van der Waals surface area contributed by atoms with Crippen LogP contribution in [0.5, 0.6) is 0 Å². The molecule has 100 valence electrons. The molecule has 0 bridgehead atoms. The van der Waals surface area contributed by atoms with E-state index in [4.69, 9.17) is 0 Å². The number of hydrogen-bond donors (Lipinski definition) is 1. The average Bonchev–Trinajstić information content (AvgIpc) is 2.70. The van der Waals surface area contributed by atoms with Crippen LogP contribution in [0.1, 0.15) is 25.3 Å². The number of carbonyl (C=O) groups is 3. The van der Waals surface area contributed by atoms with Crippen molar-refractivity contribution in [3.63, 3.8) is 0 Å². The number of fused-ring (bicyclic) bond motifs is 1. The molecule has 5 heteroatoms. The van der Waals surface area contributed by atoms with Crippen LogP contribution in [0.4, 0.5) is 11.4 Å². The second kappa shape index (κ2) is 5.22. The minimum atomic E-state index is -0.309. The van der Waals surface area contributed by atoms with E-state index in [9.17, 15) is 14.4 Å². The molecule has 2 rings (SSSR count). The Kier molecular flexibility index (Phi) is 3.64. The fourth-order valence-corrected chi connectivity index (χ4v) is 2.15. The Morgan fingerprint density at radius 1 is 1.32 bits per heavy atom. The van der Waals surface area contributed by atoms with Crippen LogP contribution in [0.3, 0.4) is 0 Å². The summed E-state index contributed by atoms with van der Waals surface area (Å²) in [6.45, 7) is 1.44. The largest absolute Gasteiger partial charge is 0.388 e. The lowest BCUT2D eigenvalue weighted by molar-refractivity contribution is -0.127. The summed E-state index contributed by atoms with van der Waals surface area (Å²) in [7, 11) is 1.80. The Morgan fingerprint density at radius 3 is 2.68 bits per heavy atom. The first kappa shape index (κ1) is 13.3. The van der Waals surface area contributed by atoms with Gasteiger partial charge in [0.2, 0.25) is 11.8 Å². The third kappa shape index (κ3) is 2.65. The number of ketones is 1. The van der Waals surface area contributed by atoms with E-state index in [0.29, 0.717) is 5.69 Å². The number of anilines is 2. The highest BCUT2D eigenvalue weighted by molar-refractivity contribution is 6.19. The summed E-state index contributed by atoms with van der Waals surface area (Å²) in [5.74, 6) is -0.585. The van der Waals surface area contributed by atoms with Crippen molar-refractivity contribution in [1.29, 1.82) is 0 Å². The Morgan fingerprint density at radius 2 is 2.05 bits per heavy atom. The van der Waals surface area contributed by atoms with Crippen LogP contribution in [0.2, 0.25) is 0 Å². The summed E-state index contributed by atoms with van der Waals surface area (Å²) in [6, 6.07) is 5.45. The zero-order valence-electron chi connectivity index (χ0n) is 11.0. The van der Waals surface area contributed by atoms with Crippen LogP contribution in [0.25, 0.3) is 0 Å². The standard InChI is InChI=1S/C14H16N2O3/c1-9(17)3-6-13(18)16-12-5-4-11(15-2)7-10(12)8-14(16)19/h4-5,7,15H,3,6,8H2,1-2H3. The number of hydrogen-bond acceptors (Lipinski definition) is 4. The molecule has 0 saturated heterocycles. The highest BCUT2D eigenvalue weighted by Crippen LogP contribution is 2.31. The number of nitrogens with one attached hydrogen (secondary N) is 1. The fourth-order valence-electron chi connectivity index (χ4n) is 2.15. The van der Waals surface area contributed by atoms with Gasteiger partial charge in [-0.3, -0.25) is 9.59 Å². The van der Waals surface area contributed by atoms with Crippen LogP contribution in [0, 0.1) is 0 Å². The summed E-state index contributed by atoms with van der Waals surface area (Å²) < 4.78 is 0.